The van der Waals surface area contributed by atoms with E-state index in [0.29, 0.717) is 24.3 Å². The van der Waals surface area contributed by atoms with Crippen molar-refractivity contribution in [1.82, 2.24) is 0 Å². The molecule has 8 aromatic rings. The molecule has 0 radical (unpaired) electrons. The topological polar surface area (TPSA) is 6.48 Å². The molecule has 0 atom stereocenters. The van der Waals surface area contributed by atoms with Gasteiger partial charge in [-0.25, -0.2) is 87.8 Å². The zero-order valence-corrected chi connectivity index (χ0v) is 34.2. The van der Waals surface area contributed by atoms with Crippen LogP contribution in [0.1, 0.15) is 22.3 Å². The monoisotopic (exact) mass is 1010 g/mol. The van der Waals surface area contributed by atoms with E-state index in [4.69, 9.17) is 0 Å². The Bertz CT molecular complexity index is 3080. The van der Waals surface area contributed by atoms with Crippen molar-refractivity contribution in [2.75, 3.05) is 9.80 Å². The van der Waals surface area contributed by atoms with Crippen LogP contribution in [0.5, 0.6) is 0 Å². The molecule has 22 heteroatoms. The van der Waals surface area contributed by atoms with Crippen LogP contribution in [-0.4, -0.2) is 0 Å². The molecule has 0 unspecified atom stereocenters. The van der Waals surface area contributed by atoms with Crippen molar-refractivity contribution in [3.8, 4) is 11.1 Å². The van der Waals surface area contributed by atoms with Gasteiger partial charge in [-0.3, -0.25) is 9.80 Å². The number of anilines is 6. The third-order valence-electron chi connectivity index (χ3n) is 11.7. The average Bonchev–Trinajstić information content (AvgIpc) is 3.67. The number of hydrogen-bond acceptors (Lipinski definition) is 2. The molecular formula is C49H16F20N2. The summed E-state index contributed by atoms with van der Waals surface area (Å²) in [7, 11) is 0. The summed E-state index contributed by atoms with van der Waals surface area (Å²) in [5.74, 6) is -56.3. The van der Waals surface area contributed by atoms with Crippen molar-refractivity contribution in [2.24, 2.45) is 0 Å². The van der Waals surface area contributed by atoms with E-state index in [9.17, 15) is 52.7 Å². The Morgan fingerprint density at radius 1 is 0.239 bits per heavy atom. The lowest BCUT2D eigenvalue weighted by Gasteiger charge is -2.36. The molecule has 8 aromatic carbocycles. The lowest BCUT2D eigenvalue weighted by atomic mass is 9.67. The molecule has 0 aliphatic heterocycles. The fourth-order valence-electron chi connectivity index (χ4n) is 8.64. The van der Waals surface area contributed by atoms with Crippen LogP contribution in [0.15, 0.2) is 97.1 Å². The van der Waals surface area contributed by atoms with Crippen LogP contribution in [0.25, 0.3) is 11.1 Å². The van der Waals surface area contributed by atoms with Gasteiger partial charge in [0.05, 0.1) is 5.41 Å². The summed E-state index contributed by atoms with van der Waals surface area (Å²) < 4.78 is 305. The summed E-state index contributed by atoms with van der Waals surface area (Å²) in [6, 6.07) is 18.1. The first kappa shape index (κ1) is 48.0. The summed E-state index contributed by atoms with van der Waals surface area (Å²) in [6.07, 6.45) is 0. The number of halogens is 20. The quantitative estimate of drug-likeness (QED) is 0.0850. The molecule has 2 nitrogen and oxygen atoms in total. The molecule has 71 heavy (non-hydrogen) atoms. The minimum Gasteiger partial charge on any atom is -0.300 e. The van der Waals surface area contributed by atoms with Crippen molar-refractivity contribution < 1.29 is 87.8 Å². The molecule has 0 amide bonds. The molecule has 0 N–H and O–H groups in total. The lowest BCUT2D eigenvalue weighted by Crippen LogP contribution is -2.29. The Labute approximate surface area is 383 Å². The fourth-order valence-corrected chi connectivity index (χ4v) is 8.64. The van der Waals surface area contributed by atoms with E-state index >= 15 is 35.1 Å². The lowest BCUT2D eigenvalue weighted by molar-refractivity contribution is 0.375. The van der Waals surface area contributed by atoms with Crippen molar-refractivity contribution in [3.63, 3.8) is 0 Å². The van der Waals surface area contributed by atoms with Crippen molar-refractivity contribution in [2.45, 2.75) is 5.41 Å². The van der Waals surface area contributed by atoms with Crippen LogP contribution in [0.4, 0.5) is 122 Å². The highest BCUT2D eigenvalue weighted by Crippen LogP contribution is 2.59. The molecule has 0 bridgehead atoms. The van der Waals surface area contributed by atoms with E-state index in [0.717, 1.165) is 12.1 Å². The largest absolute Gasteiger partial charge is 0.300 e. The summed E-state index contributed by atoms with van der Waals surface area (Å²) >= 11 is 0. The molecule has 9 rings (SSSR count). The third-order valence-corrected chi connectivity index (χ3v) is 11.7. The van der Waals surface area contributed by atoms with Gasteiger partial charge in [0.2, 0.25) is 23.3 Å². The molecule has 362 valence electrons. The van der Waals surface area contributed by atoms with Gasteiger partial charge in [-0.15, -0.1) is 0 Å². The van der Waals surface area contributed by atoms with Gasteiger partial charge in [0, 0.05) is 11.4 Å². The second kappa shape index (κ2) is 17.1. The SMILES string of the molecule is Fc1c(F)c(F)c(N(c2ccc3c(c2)C(c2ccccc2)(c2ccccc2)c2cc(N(c4c(F)c(F)c(F)c(F)c4F)c4c(F)c(F)c(F)c(F)c4F)ccc2-3)c2c(F)c(F)c(F)c(F)c2F)c(F)c1F. The van der Waals surface area contributed by atoms with Gasteiger partial charge in [0.1, 0.15) is 22.7 Å². The summed E-state index contributed by atoms with van der Waals surface area (Å²) in [5, 5.41) is 0. The molecule has 0 fully saturated rings. The van der Waals surface area contributed by atoms with Gasteiger partial charge >= 0.3 is 0 Å². The molecule has 0 saturated carbocycles. The molecule has 0 aromatic heterocycles. The van der Waals surface area contributed by atoms with Crippen molar-refractivity contribution in [1.29, 1.82) is 0 Å². The van der Waals surface area contributed by atoms with E-state index < -0.39 is 166 Å². The van der Waals surface area contributed by atoms with Gasteiger partial charge < -0.3 is 0 Å². The van der Waals surface area contributed by atoms with Gasteiger partial charge in [0.25, 0.3) is 0 Å². The van der Waals surface area contributed by atoms with Crippen LogP contribution in [0, 0.1) is 116 Å². The second-order valence-corrected chi connectivity index (χ2v) is 15.3. The molecular weight excluding hydrogens is 997 g/mol. The van der Waals surface area contributed by atoms with E-state index in [1.807, 2.05) is 0 Å². The predicted molar refractivity (Wildman–Crippen MR) is 212 cm³/mol. The Kier molecular flexibility index (Phi) is 11.6. The van der Waals surface area contributed by atoms with Gasteiger partial charge in [-0.2, -0.15) is 0 Å². The maximum atomic E-state index is 15.9. The number of nitrogens with zero attached hydrogens (tertiary/aromatic N) is 2. The van der Waals surface area contributed by atoms with Gasteiger partial charge in [0.15, 0.2) is 93.1 Å². The Hall–Kier alpha value is -8.04. The highest BCUT2D eigenvalue weighted by molar-refractivity contribution is 5.92. The molecule has 0 heterocycles. The number of benzene rings is 8. The van der Waals surface area contributed by atoms with Crippen molar-refractivity contribution in [3.05, 3.63) is 236 Å². The average molecular weight is 1010 g/mol. The van der Waals surface area contributed by atoms with Crippen LogP contribution >= 0.6 is 0 Å². The van der Waals surface area contributed by atoms with Crippen molar-refractivity contribution >= 4 is 34.1 Å². The highest BCUT2D eigenvalue weighted by Gasteiger charge is 2.48. The molecule has 0 spiro atoms. The molecule has 1 aliphatic carbocycles. The normalized spacial score (nSPS) is 12.6. The maximum Gasteiger partial charge on any atom is 0.200 e. The maximum absolute atomic E-state index is 15.9. The Morgan fingerprint density at radius 2 is 0.451 bits per heavy atom. The van der Waals surface area contributed by atoms with Crippen LogP contribution in [0.3, 0.4) is 0 Å². The molecule has 0 saturated heterocycles. The van der Waals surface area contributed by atoms with Crippen LogP contribution in [-0.2, 0) is 5.41 Å². The minimum atomic E-state index is -2.84. The van der Waals surface area contributed by atoms with Gasteiger partial charge in [-0.05, 0) is 57.6 Å². The standard InChI is InChI=1S/C49H16F20N2/c50-25-29(54)37(62)45(38(63)30(25)55)70(46-39(64)31(56)26(51)32(57)40(46)65)19-11-13-21-22-14-12-20(16-24(22)49(23(21)15-19,17-7-3-1-4-8-17)18-9-5-2-6-10-18)71(47-41(66)33(58)27(52)34(59)42(47)67)48-43(68)35(60)28(53)36(61)44(48)69/h1-16H. The third kappa shape index (κ3) is 6.73. The zero-order chi connectivity index (χ0) is 51.4. The van der Waals surface area contributed by atoms with Gasteiger partial charge in [-0.1, -0.05) is 72.8 Å². The Morgan fingerprint density at radius 3 is 0.676 bits per heavy atom. The number of rotatable bonds is 8. The first-order valence-corrected chi connectivity index (χ1v) is 19.7. The summed E-state index contributed by atoms with van der Waals surface area (Å²) in [5.41, 5.74) is -14.7. The van der Waals surface area contributed by atoms with E-state index in [1.54, 1.807) is 0 Å². The fraction of sp³-hybridized carbons (Fsp3) is 0.0204. The number of hydrogen-bond donors (Lipinski definition) is 0. The smallest absolute Gasteiger partial charge is 0.200 e. The predicted octanol–water partition coefficient (Wildman–Crippen LogP) is 15.8. The first-order chi connectivity index (χ1) is 33.6. The Balaban J connectivity index is 1.43. The van der Waals surface area contributed by atoms with Crippen LogP contribution < -0.4 is 9.80 Å². The zero-order valence-electron chi connectivity index (χ0n) is 34.2. The summed E-state index contributed by atoms with van der Waals surface area (Å²) in [6.45, 7) is 0. The van der Waals surface area contributed by atoms with E-state index in [-0.39, 0.29) is 33.4 Å². The summed E-state index contributed by atoms with van der Waals surface area (Å²) in [4.78, 5) is -1.04. The first-order valence-electron chi connectivity index (χ1n) is 19.7. The minimum absolute atomic E-state index is 0.0153. The number of fused-ring (bicyclic) bond motifs is 3. The van der Waals surface area contributed by atoms with Crippen LogP contribution in [0.2, 0.25) is 0 Å². The van der Waals surface area contributed by atoms with E-state index in [2.05, 4.69) is 0 Å². The second-order valence-electron chi connectivity index (χ2n) is 15.3. The molecule has 1 aliphatic rings. The highest BCUT2D eigenvalue weighted by atomic mass is 19.2. The van der Waals surface area contributed by atoms with E-state index in [1.165, 1.54) is 60.7 Å².